The third kappa shape index (κ3) is 8.33. The summed E-state index contributed by atoms with van der Waals surface area (Å²) >= 11 is 0. The lowest BCUT2D eigenvalue weighted by atomic mass is 9.33. The van der Waals surface area contributed by atoms with E-state index < -0.39 is 16.1 Å². The maximum Gasteiger partial charge on any atom is 0.252 e. The van der Waals surface area contributed by atoms with Gasteiger partial charge in [0.1, 0.15) is 0 Å². The van der Waals surface area contributed by atoms with Crippen LogP contribution in [0.2, 0.25) is 0 Å². The van der Waals surface area contributed by atoms with Crippen LogP contribution in [0.1, 0.15) is 0 Å². The quantitative estimate of drug-likeness (QED) is 0.0892. The molecule has 422 valence electrons. The van der Waals surface area contributed by atoms with E-state index >= 15 is 0 Å². The van der Waals surface area contributed by atoms with Crippen molar-refractivity contribution in [1.82, 2.24) is 4.57 Å². The van der Waals surface area contributed by atoms with Crippen LogP contribution in [0.15, 0.2) is 364 Å². The van der Waals surface area contributed by atoms with Crippen molar-refractivity contribution in [1.29, 1.82) is 0 Å². The van der Waals surface area contributed by atoms with Gasteiger partial charge in [0, 0.05) is 44.9 Å². The second kappa shape index (κ2) is 22.0. The van der Waals surface area contributed by atoms with Crippen LogP contribution in [-0.4, -0.2) is 27.4 Å². The number of hydrogen-bond acceptors (Lipinski definition) is 2. The Morgan fingerprint density at radius 1 is 0.222 bits per heavy atom. The van der Waals surface area contributed by atoms with Crippen LogP contribution < -0.4 is 67.7 Å². The summed E-state index contributed by atoms with van der Waals surface area (Å²) < 4.78 is 2.51. The fraction of sp³-hybridized carbons (Fsp3) is 0. The number of hydrogen-bond donors (Lipinski definition) is 0. The van der Waals surface area contributed by atoms with Crippen molar-refractivity contribution in [3.63, 3.8) is 0 Å². The van der Waals surface area contributed by atoms with E-state index in [-0.39, 0.29) is 6.71 Å². The lowest BCUT2D eigenvalue weighted by molar-refractivity contribution is 1.16. The number of anilines is 6. The van der Waals surface area contributed by atoms with Gasteiger partial charge >= 0.3 is 0 Å². The third-order valence-electron chi connectivity index (χ3n) is 19.2. The molecule has 0 saturated carbocycles. The highest BCUT2D eigenvalue weighted by Crippen LogP contribution is 2.47. The zero-order valence-corrected chi connectivity index (χ0v) is 51.6. The van der Waals surface area contributed by atoms with Crippen molar-refractivity contribution in [2.75, 3.05) is 9.80 Å². The van der Waals surface area contributed by atoms with E-state index in [0.29, 0.717) is 0 Å². The fourth-order valence-electron chi connectivity index (χ4n) is 15.5. The van der Waals surface area contributed by atoms with Crippen LogP contribution in [0.5, 0.6) is 0 Å². The standard InChI is InChI=1S/C84H60BN3Si2/c1-8-29-61(30-9-1)62-51-56-77-81(57-62)87(64-31-28-44-73(58-64)90(69-38-16-5-17-39-69,70-40-18-6-19-41-70)71-42-20-7-21-43-71)83-60-65(88-78-48-25-22-45-74(78)75-46-23-26-49-79(75)88)59-82-84(83)85(77)76-47-24-27-50-80(76)86(82)63-52-54-72(55-53-63)89(66-32-10-2-11-33-66,67-34-12-3-13-35-67)68-36-14-4-15-37-68/h1-60H. The van der Waals surface area contributed by atoms with Crippen LogP contribution in [0.25, 0.3) is 38.6 Å². The van der Waals surface area contributed by atoms with Crippen LogP contribution in [0.4, 0.5) is 34.1 Å². The first-order valence-electron chi connectivity index (χ1n) is 31.3. The van der Waals surface area contributed by atoms with Crippen LogP contribution in [-0.2, 0) is 0 Å². The maximum atomic E-state index is 2.63. The Hall–Kier alpha value is -11.0. The predicted octanol–water partition coefficient (Wildman–Crippen LogP) is 13.3. The van der Waals surface area contributed by atoms with Gasteiger partial charge in [0.05, 0.1) is 16.7 Å². The maximum absolute atomic E-state index is 3.00. The van der Waals surface area contributed by atoms with Crippen LogP contribution >= 0.6 is 0 Å². The predicted molar refractivity (Wildman–Crippen MR) is 387 cm³/mol. The largest absolute Gasteiger partial charge is 0.311 e. The highest BCUT2D eigenvalue weighted by Gasteiger charge is 2.47. The van der Waals surface area contributed by atoms with Gasteiger partial charge in [-0.1, -0.05) is 303 Å². The molecule has 15 aromatic rings. The van der Waals surface area contributed by atoms with Crippen molar-refractivity contribution in [2.45, 2.75) is 0 Å². The molecule has 1 aromatic heterocycles. The summed E-state index contributed by atoms with van der Waals surface area (Å²) in [5.74, 6) is 0. The summed E-state index contributed by atoms with van der Waals surface area (Å²) in [5.41, 5.74) is 16.4. The number of nitrogens with zero attached hydrogens (tertiary/aromatic N) is 3. The fourth-order valence-corrected chi connectivity index (χ4v) is 25.0. The molecule has 2 aliphatic rings. The van der Waals surface area contributed by atoms with Gasteiger partial charge in [0.2, 0.25) is 0 Å². The van der Waals surface area contributed by atoms with E-state index in [2.05, 4.69) is 378 Å². The van der Waals surface area contributed by atoms with Crippen molar-refractivity contribution in [3.05, 3.63) is 364 Å². The molecule has 3 heterocycles. The van der Waals surface area contributed by atoms with Crippen molar-refractivity contribution in [2.24, 2.45) is 0 Å². The molecular weight excluding hydrogens is 1120 g/mol. The van der Waals surface area contributed by atoms with Crippen LogP contribution in [0, 0.1) is 0 Å². The van der Waals surface area contributed by atoms with E-state index in [9.17, 15) is 0 Å². The van der Waals surface area contributed by atoms with E-state index in [4.69, 9.17) is 0 Å². The molecule has 0 saturated heterocycles. The molecule has 0 unspecified atom stereocenters. The second-order valence-corrected chi connectivity index (χ2v) is 31.5. The number of fused-ring (bicyclic) bond motifs is 7. The lowest BCUT2D eigenvalue weighted by Crippen LogP contribution is -2.74. The average molecular weight is 1180 g/mol. The van der Waals surface area contributed by atoms with Crippen molar-refractivity contribution < 1.29 is 0 Å². The van der Waals surface area contributed by atoms with Crippen molar-refractivity contribution in [3.8, 4) is 16.8 Å². The first kappa shape index (κ1) is 53.2. The molecule has 0 amide bonds. The monoisotopic (exact) mass is 1180 g/mol. The van der Waals surface area contributed by atoms with Gasteiger partial charge in [0.15, 0.2) is 16.1 Å². The molecule has 6 heteroatoms. The Kier molecular flexibility index (Phi) is 13.0. The Balaban J connectivity index is 0.962. The number of aromatic nitrogens is 1. The molecule has 0 N–H and O–H groups in total. The first-order chi connectivity index (χ1) is 44.7. The lowest BCUT2D eigenvalue weighted by Gasteiger charge is -2.45. The minimum absolute atomic E-state index is 0.103. The van der Waals surface area contributed by atoms with E-state index in [1.54, 1.807) is 0 Å². The Labute approximate surface area is 528 Å². The average Bonchev–Trinajstić information content (AvgIpc) is 0.790. The highest BCUT2D eigenvalue weighted by atomic mass is 28.3. The summed E-state index contributed by atoms with van der Waals surface area (Å²) in [6, 6.07) is 137. The minimum atomic E-state index is -3.00. The summed E-state index contributed by atoms with van der Waals surface area (Å²) in [6.07, 6.45) is 0. The van der Waals surface area contributed by atoms with E-state index in [1.165, 1.54) is 102 Å². The zero-order chi connectivity index (χ0) is 59.6. The Morgan fingerprint density at radius 3 is 1.11 bits per heavy atom. The number of benzene rings is 14. The van der Waals surface area contributed by atoms with Gasteiger partial charge in [-0.05, 0) is 130 Å². The second-order valence-electron chi connectivity index (χ2n) is 23.9. The molecule has 0 spiro atoms. The summed E-state index contributed by atoms with van der Waals surface area (Å²) in [7, 11) is -5.85. The third-order valence-corrected chi connectivity index (χ3v) is 28.8. The van der Waals surface area contributed by atoms with Gasteiger partial charge < -0.3 is 14.4 Å². The normalized spacial score (nSPS) is 12.6. The number of para-hydroxylation sites is 3. The number of rotatable bonds is 12. The molecule has 0 fully saturated rings. The molecular formula is C84H60BN3Si2. The van der Waals surface area contributed by atoms with Crippen LogP contribution in [0.3, 0.4) is 0 Å². The molecule has 0 aliphatic carbocycles. The topological polar surface area (TPSA) is 11.4 Å². The summed E-state index contributed by atoms with van der Waals surface area (Å²) in [6.45, 7) is -0.103. The molecule has 2 aliphatic heterocycles. The van der Waals surface area contributed by atoms with E-state index in [1.807, 2.05) is 0 Å². The highest BCUT2D eigenvalue weighted by molar-refractivity contribution is 7.20. The summed E-state index contributed by atoms with van der Waals surface area (Å²) in [4.78, 5) is 5.21. The molecule has 90 heavy (non-hydrogen) atoms. The Morgan fingerprint density at radius 2 is 0.611 bits per heavy atom. The molecule has 3 nitrogen and oxygen atoms in total. The summed E-state index contributed by atoms with van der Waals surface area (Å²) in [5, 5.41) is 13.2. The SMILES string of the molecule is c1ccc(-c2ccc3c(c2)N(c2cccc([Si](c4ccccc4)(c4ccccc4)c4ccccc4)c2)c2cc(-n4c5ccccc5c5ccccc54)cc4c2B3c2ccccc2N4c2ccc([Si](c3ccccc3)(c3ccccc3)c3ccccc3)cc2)cc1. The van der Waals surface area contributed by atoms with Gasteiger partial charge in [-0.15, -0.1) is 0 Å². The van der Waals surface area contributed by atoms with Crippen molar-refractivity contribution >= 4 is 137 Å². The molecule has 0 atom stereocenters. The first-order valence-corrected chi connectivity index (χ1v) is 35.3. The van der Waals surface area contributed by atoms with Gasteiger partial charge in [-0.25, -0.2) is 0 Å². The smallest absolute Gasteiger partial charge is 0.252 e. The van der Waals surface area contributed by atoms with E-state index in [0.717, 1.165) is 28.4 Å². The Bertz CT molecular complexity index is 4880. The minimum Gasteiger partial charge on any atom is -0.311 e. The molecule has 0 radical (unpaired) electrons. The zero-order valence-electron chi connectivity index (χ0n) is 49.6. The van der Waals surface area contributed by atoms with Gasteiger partial charge in [-0.3, -0.25) is 0 Å². The molecule has 14 aromatic carbocycles. The van der Waals surface area contributed by atoms with Gasteiger partial charge in [0.25, 0.3) is 6.71 Å². The molecule has 17 rings (SSSR count). The van der Waals surface area contributed by atoms with Gasteiger partial charge in [-0.2, -0.15) is 0 Å². The molecule has 0 bridgehead atoms.